The Bertz CT molecular complexity index is 1060. The molecule has 2 amide bonds. The summed E-state index contributed by atoms with van der Waals surface area (Å²) in [5, 5.41) is 0. The zero-order valence-electron chi connectivity index (χ0n) is 20.8. The largest absolute Gasteiger partial charge is 0.444 e. The Kier molecular flexibility index (Phi) is 6.07. The van der Waals surface area contributed by atoms with Crippen LogP contribution in [0.1, 0.15) is 56.0 Å². The molecule has 5 rings (SSSR count). The van der Waals surface area contributed by atoms with Gasteiger partial charge in [-0.1, -0.05) is 0 Å². The first-order valence-corrected chi connectivity index (χ1v) is 12.5. The van der Waals surface area contributed by atoms with Gasteiger partial charge in [0.25, 0.3) is 5.91 Å². The first kappa shape index (κ1) is 23.8. The van der Waals surface area contributed by atoms with Gasteiger partial charge in [-0.3, -0.25) is 19.3 Å². The second-order valence-electron chi connectivity index (χ2n) is 11.1. The number of carbonyl (C=O) groups is 4. The summed E-state index contributed by atoms with van der Waals surface area (Å²) in [6.07, 6.45) is 0.446. The lowest BCUT2D eigenvalue weighted by atomic mass is 9.92. The summed E-state index contributed by atoms with van der Waals surface area (Å²) in [5.74, 6) is -0.306. The van der Waals surface area contributed by atoms with Crippen molar-refractivity contribution in [3.05, 3.63) is 29.3 Å². The monoisotopic (exact) mass is 482 g/mol. The zero-order chi connectivity index (χ0) is 24.9. The van der Waals surface area contributed by atoms with Crippen LogP contribution in [0.3, 0.4) is 0 Å². The van der Waals surface area contributed by atoms with E-state index >= 15 is 0 Å². The van der Waals surface area contributed by atoms with E-state index in [4.69, 9.17) is 4.74 Å². The Balaban J connectivity index is 1.26. The van der Waals surface area contributed by atoms with E-state index in [1.807, 2.05) is 32.9 Å². The number of Topliss-reactive ketones (excluding diaryl/α,β-unsaturated/α-hetero) is 2. The molecule has 0 N–H and O–H groups in total. The summed E-state index contributed by atoms with van der Waals surface area (Å²) in [7, 11) is 0. The first-order valence-electron chi connectivity index (χ1n) is 12.5. The van der Waals surface area contributed by atoms with Crippen LogP contribution in [0.2, 0.25) is 0 Å². The lowest BCUT2D eigenvalue weighted by Crippen LogP contribution is -2.63. The van der Waals surface area contributed by atoms with E-state index in [0.29, 0.717) is 38.0 Å². The van der Waals surface area contributed by atoms with Crippen LogP contribution in [-0.4, -0.2) is 95.2 Å². The quantitative estimate of drug-likeness (QED) is 0.596. The zero-order valence-corrected chi connectivity index (χ0v) is 20.8. The summed E-state index contributed by atoms with van der Waals surface area (Å²) in [6, 6.07) is 5.63. The van der Waals surface area contributed by atoms with Crippen molar-refractivity contribution in [2.24, 2.45) is 0 Å². The van der Waals surface area contributed by atoms with Gasteiger partial charge in [-0.25, -0.2) is 4.79 Å². The minimum absolute atomic E-state index is 0.0372. The van der Waals surface area contributed by atoms with Gasteiger partial charge in [0.05, 0.1) is 12.5 Å². The molecule has 0 bridgehead atoms. The van der Waals surface area contributed by atoms with E-state index in [1.165, 1.54) is 0 Å². The molecule has 1 aromatic rings. The van der Waals surface area contributed by atoms with E-state index in [2.05, 4.69) is 15.9 Å². The first-order chi connectivity index (χ1) is 16.6. The maximum Gasteiger partial charge on any atom is 0.410 e. The van der Waals surface area contributed by atoms with Crippen LogP contribution in [0.4, 0.5) is 10.5 Å². The van der Waals surface area contributed by atoms with Gasteiger partial charge in [-0.05, 0) is 51.0 Å². The average Bonchev–Trinajstić information content (AvgIpc) is 3.12. The number of piperazine rings is 2. The van der Waals surface area contributed by atoms with Gasteiger partial charge >= 0.3 is 6.09 Å². The number of ether oxygens (including phenoxy) is 1. The molecule has 3 aliphatic heterocycles. The molecule has 2 unspecified atom stereocenters. The lowest BCUT2D eigenvalue weighted by Gasteiger charge is -2.47. The van der Waals surface area contributed by atoms with Crippen molar-refractivity contribution < 1.29 is 23.9 Å². The Morgan fingerprint density at radius 3 is 2.54 bits per heavy atom. The number of hydrogen-bond acceptors (Lipinski definition) is 7. The topological polar surface area (TPSA) is 90.5 Å². The second kappa shape index (κ2) is 8.93. The summed E-state index contributed by atoms with van der Waals surface area (Å²) in [4.78, 5) is 57.8. The van der Waals surface area contributed by atoms with Crippen molar-refractivity contribution >= 4 is 29.3 Å². The molecule has 3 fully saturated rings. The van der Waals surface area contributed by atoms with Crippen LogP contribution in [0.5, 0.6) is 0 Å². The van der Waals surface area contributed by atoms with Crippen molar-refractivity contribution in [3.63, 3.8) is 0 Å². The minimum Gasteiger partial charge on any atom is -0.444 e. The Hall–Kier alpha value is -2.94. The van der Waals surface area contributed by atoms with E-state index < -0.39 is 11.6 Å². The number of fused-ring (bicyclic) bond motifs is 2. The van der Waals surface area contributed by atoms with E-state index in [1.54, 1.807) is 9.80 Å². The molecule has 2 atom stereocenters. The molecule has 188 valence electrons. The van der Waals surface area contributed by atoms with E-state index in [-0.39, 0.29) is 36.0 Å². The third-order valence-electron chi connectivity index (χ3n) is 7.45. The van der Waals surface area contributed by atoms with Crippen LogP contribution in [0.25, 0.3) is 0 Å². The van der Waals surface area contributed by atoms with Gasteiger partial charge in [-0.15, -0.1) is 0 Å². The third kappa shape index (κ3) is 4.78. The molecule has 3 heterocycles. The highest BCUT2D eigenvalue weighted by atomic mass is 16.6. The highest BCUT2D eigenvalue weighted by molar-refractivity contribution is 6.07. The summed E-state index contributed by atoms with van der Waals surface area (Å²) in [5.41, 5.74) is 2.11. The smallest absolute Gasteiger partial charge is 0.410 e. The molecule has 0 radical (unpaired) electrons. The van der Waals surface area contributed by atoms with Crippen molar-refractivity contribution in [2.45, 2.75) is 64.3 Å². The molecule has 9 heteroatoms. The molecular weight excluding hydrogens is 448 g/mol. The number of ketones is 2. The summed E-state index contributed by atoms with van der Waals surface area (Å²) < 4.78 is 5.58. The van der Waals surface area contributed by atoms with E-state index in [9.17, 15) is 19.2 Å². The van der Waals surface area contributed by atoms with Crippen molar-refractivity contribution in [3.8, 4) is 0 Å². The highest BCUT2D eigenvalue weighted by Gasteiger charge is 2.40. The van der Waals surface area contributed by atoms with Gasteiger partial charge in [0.15, 0.2) is 5.78 Å². The summed E-state index contributed by atoms with van der Waals surface area (Å²) >= 11 is 0. The van der Waals surface area contributed by atoms with Crippen LogP contribution in [0, 0.1) is 0 Å². The van der Waals surface area contributed by atoms with Crippen molar-refractivity contribution in [1.29, 1.82) is 0 Å². The Morgan fingerprint density at radius 2 is 1.80 bits per heavy atom. The van der Waals surface area contributed by atoms with E-state index in [0.717, 1.165) is 37.4 Å². The molecule has 2 saturated heterocycles. The van der Waals surface area contributed by atoms with Crippen LogP contribution in [0.15, 0.2) is 18.2 Å². The molecule has 1 aromatic carbocycles. The molecule has 35 heavy (non-hydrogen) atoms. The number of benzene rings is 1. The number of amides is 2. The highest BCUT2D eigenvalue weighted by Crippen LogP contribution is 2.32. The molecular formula is C26H34N4O5. The number of carbonyl (C=O) groups excluding carboxylic acids is 4. The average molecular weight is 483 g/mol. The predicted octanol–water partition coefficient (Wildman–Crippen LogP) is 2.07. The lowest BCUT2D eigenvalue weighted by molar-refractivity contribution is -0.133. The number of anilines is 1. The SMILES string of the molecule is CC(C)(C)OC(=O)N1CCN2CCN(c3ccc4c(c3)CN(C3CCC(=O)CC3=O)C4=O)CC2C1. The van der Waals surface area contributed by atoms with Crippen LogP contribution >= 0.6 is 0 Å². The molecule has 1 saturated carbocycles. The molecule has 1 aliphatic carbocycles. The van der Waals surface area contributed by atoms with Crippen molar-refractivity contribution in [2.75, 3.05) is 44.2 Å². The number of hydrogen-bond donors (Lipinski definition) is 0. The molecule has 9 nitrogen and oxygen atoms in total. The minimum atomic E-state index is -0.514. The normalized spacial score (nSPS) is 25.6. The Labute approximate surface area is 206 Å². The standard InChI is InChI=1S/C26H34N4O5/c1-26(2,3)35-25(34)29-11-9-27-8-10-28(15-19(27)16-29)18-4-6-21-17(12-18)14-30(24(21)33)22-7-5-20(31)13-23(22)32/h4,6,12,19,22H,5,7-11,13-16H2,1-3H3. The maximum atomic E-state index is 13.0. The van der Waals surface area contributed by atoms with Crippen LogP contribution in [-0.2, 0) is 20.9 Å². The molecule has 0 aromatic heterocycles. The fourth-order valence-electron chi connectivity index (χ4n) is 5.65. The fraction of sp³-hybridized carbons (Fsp3) is 0.615. The number of rotatable bonds is 2. The van der Waals surface area contributed by atoms with Gasteiger partial charge in [0.1, 0.15) is 11.4 Å². The van der Waals surface area contributed by atoms with Gasteiger partial charge in [0.2, 0.25) is 0 Å². The van der Waals surface area contributed by atoms with Gasteiger partial charge in [-0.2, -0.15) is 0 Å². The predicted molar refractivity (Wildman–Crippen MR) is 129 cm³/mol. The Morgan fingerprint density at radius 1 is 1.03 bits per heavy atom. The van der Waals surface area contributed by atoms with Crippen LogP contribution < -0.4 is 4.90 Å². The number of nitrogens with zero attached hydrogens (tertiary/aromatic N) is 4. The summed E-state index contributed by atoms with van der Waals surface area (Å²) in [6.45, 7) is 10.8. The fourth-order valence-corrected chi connectivity index (χ4v) is 5.65. The van der Waals surface area contributed by atoms with Gasteiger partial charge in [0, 0.05) is 69.5 Å². The second-order valence-corrected chi connectivity index (χ2v) is 11.1. The third-order valence-corrected chi connectivity index (χ3v) is 7.45. The molecule has 0 spiro atoms. The van der Waals surface area contributed by atoms with Crippen molar-refractivity contribution in [1.82, 2.24) is 14.7 Å². The van der Waals surface area contributed by atoms with Gasteiger partial charge < -0.3 is 19.4 Å². The molecule has 4 aliphatic rings. The maximum absolute atomic E-state index is 13.0.